The van der Waals surface area contributed by atoms with Gasteiger partial charge in [-0.15, -0.1) is 0 Å². The Morgan fingerprint density at radius 3 is 3.06 bits per heavy atom. The summed E-state index contributed by atoms with van der Waals surface area (Å²) in [4.78, 5) is 0. The molecule has 1 aliphatic carbocycles. The van der Waals surface area contributed by atoms with Crippen molar-refractivity contribution >= 4 is 21.6 Å². The van der Waals surface area contributed by atoms with Crippen molar-refractivity contribution in [2.75, 3.05) is 5.32 Å². The number of nitrogens with one attached hydrogen (secondary N) is 1. The molecule has 1 atom stereocenters. The maximum Gasteiger partial charge on any atom is 0.0548 e. The molecule has 3 rings (SSSR count). The fraction of sp³-hybridized carbons (Fsp3) is 0.357. The highest BCUT2D eigenvalue weighted by atomic mass is 79.9. The molecule has 0 saturated heterocycles. The van der Waals surface area contributed by atoms with E-state index in [0.717, 1.165) is 16.6 Å². The first-order valence-corrected chi connectivity index (χ1v) is 7.07. The van der Waals surface area contributed by atoms with Gasteiger partial charge in [-0.2, -0.15) is 5.10 Å². The normalized spacial score (nSPS) is 18.4. The van der Waals surface area contributed by atoms with E-state index in [1.807, 2.05) is 24.0 Å². The van der Waals surface area contributed by atoms with Crippen LogP contribution in [0.3, 0.4) is 0 Å². The molecule has 0 aliphatic heterocycles. The van der Waals surface area contributed by atoms with Crippen LogP contribution in [-0.4, -0.2) is 9.78 Å². The van der Waals surface area contributed by atoms with Crippen LogP contribution in [0, 0.1) is 0 Å². The lowest BCUT2D eigenvalue weighted by Gasteiger charge is -2.25. The molecule has 0 radical (unpaired) electrons. The molecule has 94 valence electrons. The largest absolute Gasteiger partial charge is 0.377 e. The van der Waals surface area contributed by atoms with Gasteiger partial charge in [0.15, 0.2) is 0 Å². The molecule has 1 aromatic heterocycles. The number of nitrogens with zero attached hydrogens (tertiary/aromatic N) is 2. The van der Waals surface area contributed by atoms with E-state index in [1.54, 1.807) is 0 Å². The molecule has 3 nitrogen and oxygen atoms in total. The van der Waals surface area contributed by atoms with Gasteiger partial charge in [0.1, 0.15) is 0 Å². The number of hydrogen-bond acceptors (Lipinski definition) is 2. The van der Waals surface area contributed by atoms with Crippen molar-refractivity contribution in [3.05, 3.63) is 46.2 Å². The van der Waals surface area contributed by atoms with Crippen LogP contribution in [0.15, 0.2) is 34.9 Å². The van der Waals surface area contributed by atoms with E-state index >= 15 is 0 Å². The Kier molecular flexibility index (Phi) is 3.12. The zero-order valence-corrected chi connectivity index (χ0v) is 11.9. The zero-order valence-electron chi connectivity index (χ0n) is 10.4. The van der Waals surface area contributed by atoms with Gasteiger partial charge in [0.05, 0.1) is 12.2 Å². The Morgan fingerprint density at radius 1 is 1.39 bits per heavy atom. The molecule has 1 N–H and O–H groups in total. The van der Waals surface area contributed by atoms with Crippen molar-refractivity contribution in [1.29, 1.82) is 0 Å². The number of aryl methyl sites for hydroxylation is 1. The maximum atomic E-state index is 4.38. The Hall–Kier alpha value is -1.29. The minimum atomic E-state index is 0.376. The van der Waals surface area contributed by atoms with Gasteiger partial charge in [0.2, 0.25) is 0 Å². The second-order valence-corrected chi connectivity index (χ2v) is 5.59. The molecule has 18 heavy (non-hydrogen) atoms. The summed E-state index contributed by atoms with van der Waals surface area (Å²) >= 11 is 3.58. The van der Waals surface area contributed by atoms with E-state index in [-0.39, 0.29) is 0 Å². The van der Waals surface area contributed by atoms with Crippen molar-refractivity contribution in [3.63, 3.8) is 0 Å². The maximum absolute atomic E-state index is 4.38. The van der Waals surface area contributed by atoms with Crippen molar-refractivity contribution < 1.29 is 0 Å². The summed E-state index contributed by atoms with van der Waals surface area (Å²) in [6, 6.07) is 8.64. The van der Waals surface area contributed by atoms with E-state index in [1.165, 1.54) is 24.1 Å². The van der Waals surface area contributed by atoms with E-state index in [4.69, 9.17) is 0 Å². The van der Waals surface area contributed by atoms with Crippen LogP contribution in [0.2, 0.25) is 0 Å². The molecular formula is C14H16BrN3. The molecule has 1 aliphatic rings. The van der Waals surface area contributed by atoms with Gasteiger partial charge in [0, 0.05) is 28.5 Å². The third-order valence-corrected chi connectivity index (χ3v) is 4.27. The quantitative estimate of drug-likeness (QED) is 0.917. The topological polar surface area (TPSA) is 29.9 Å². The summed E-state index contributed by atoms with van der Waals surface area (Å²) in [5.74, 6) is 0. The molecular weight excluding hydrogens is 290 g/mol. The molecule has 0 bridgehead atoms. The summed E-state index contributed by atoms with van der Waals surface area (Å²) < 4.78 is 3.12. The highest BCUT2D eigenvalue weighted by Crippen LogP contribution is 2.34. The summed E-state index contributed by atoms with van der Waals surface area (Å²) in [5.41, 5.74) is 3.87. The monoisotopic (exact) mass is 305 g/mol. The van der Waals surface area contributed by atoms with Crippen LogP contribution < -0.4 is 5.32 Å². The second kappa shape index (κ2) is 4.76. The Balaban J connectivity index is 1.89. The van der Waals surface area contributed by atoms with Crippen LogP contribution in [0.1, 0.15) is 30.1 Å². The summed E-state index contributed by atoms with van der Waals surface area (Å²) in [7, 11) is 2.03. The highest BCUT2D eigenvalue weighted by Gasteiger charge is 2.23. The first-order chi connectivity index (χ1) is 8.75. The molecule has 1 aromatic carbocycles. The van der Waals surface area contributed by atoms with Gasteiger partial charge >= 0.3 is 0 Å². The van der Waals surface area contributed by atoms with Gasteiger partial charge in [-0.1, -0.05) is 12.1 Å². The number of fused-ring (bicyclic) bond motifs is 1. The van der Waals surface area contributed by atoms with Crippen LogP contribution >= 0.6 is 15.9 Å². The lowest BCUT2D eigenvalue weighted by atomic mass is 9.93. The number of benzene rings is 1. The number of para-hydroxylation sites is 1. The lowest BCUT2D eigenvalue weighted by molar-refractivity contribution is 0.571. The molecule has 0 fully saturated rings. The highest BCUT2D eigenvalue weighted by molar-refractivity contribution is 9.10. The molecule has 4 heteroatoms. The molecule has 0 amide bonds. The fourth-order valence-corrected chi connectivity index (χ4v) is 3.02. The minimum Gasteiger partial charge on any atom is -0.377 e. The first-order valence-electron chi connectivity index (χ1n) is 6.27. The van der Waals surface area contributed by atoms with Gasteiger partial charge in [-0.3, -0.25) is 4.68 Å². The third kappa shape index (κ3) is 2.05. The van der Waals surface area contributed by atoms with Gasteiger partial charge in [-0.05, 0) is 47.3 Å². The number of rotatable bonds is 2. The van der Waals surface area contributed by atoms with E-state index in [2.05, 4.69) is 44.5 Å². The molecule has 1 heterocycles. The van der Waals surface area contributed by atoms with E-state index in [9.17, 15) is 0 Å². The zero-order chi connectivity index (χ0) is 12.5. The van der Waals surface area contributed by atoms with Crippen molar-refractivity contribution in [2.45, 2.75) is 25.3 Å². The minimum absolute atomic E-state index is 0.376. The summed E-state index contributed by atoms with van der Waals surface area (Å²) in [6.07, 6.45) is 5.53. The Morgan fingerprint density at radius 2 is 2.22 bits per heavy atom. The first kappa shape index (κ1) is 11.8. The predicted molar refractivity (Wildman–Crippen MR) is 76.7 cm³/mol. The van der Waals surface area contributed by atoms with Gasteiger partial charge < -0.3 is 5.32 Å². The van der Waals surface area contributed by atoms with Crippen molar-refractivity contribution in [3.8, 4) is 0 Å². The standard InChI is InChI=1S/C14H16BrN3/c1-18-14-8-4-7-12(10(14)9-16-18)17-13-6-3-2-5-11(13)15/h2-3,5-6,9,12,17H,4,7-8H2,1H3. The average Bonchev–Trinajstić information content (AvgIpc) is 2.76. The molecule has 1 unspecified atom stereocenters. The Labute approximate surface area is 115 Å². The predicted octanol–water partition coefficient (Wildman–Crippen LogP) is 3.67. The van der Waals surface area contributed by atoms with Crippen LogP contribution in [-0.2, 0) is 13.5 Å². The third-order valence-electron chi connectivity index (χ3n) is 3.58. The van der Waals surface area contributed by atoms with Crippen LogP contribution in [0.25, 0.3) is 0 Å². The second-order valence-electron chi connectivity index (χ2n) is 4.74. The van der Waals surface area contributed by atoms with Crippen molar-refractivity contribution in [2.24, 2.45) is 7.05 Å². The summed E-state index contributed by atoms with van der Waals surface area (Å²) in [5, 5.41) is 8.00. The Bertz CT molecular complexity index is 562. The number of hydrogen-bond donors (Lipinski definition) is 1. The average molecular weight is 306 g/mol. The van der Waals surface area contributed by atoms with Gasteiger partial charge in [-0.25, -0.2) is 0 Å². The molecule has 2 aromatic rings. The van der Waals surface area contributed by atoms with Crippen LogP contribution in [0.5, 0.6) is 0 Å². The van der Waals surface area contributed by atoms with E-state index in [0.29, 0.717) is 6.04 Å². The number of halogens is 1. The smallest absolute Gasteiger partial charge is 0.0548 e. The van der Waals surface area contributed by atoms with Crippen LogP contribution in [0.4, 0.5) is 5.69 Å². The molecule has 0 spiro atoms. The van der Waals surface area contributed by atoms with Crippen molar-refractivity contribution in [1.82, 2.24) is 9.78 Å². The van der Waals surface area contributed by atoms with Gasteiger partial charge in [0.25, 0.3) is 0 Å². The lowest BCUT2D eigenvalue weighted by Crippen LogP contribution is -2.17. The SMILES string of the molecule is Cn1ncc2c1CCCC2Nc1ccccc1Br. The molecule has 0 saturated carbocycles. The van der Waals surface area contributed by atoms with E-state index < -0.39 is 0 Å². The number of anilines is 1. The summed E-state index contributed by atoms with van der Waals surface area (Å²) in [6.45, 7) is 0. The fourth-order valence-electron chi connectivity index (χ4n) is 2.62. The number of aromatic nitrogens is 2.